The van der Waals surface area contributed by atoms with Crippen molar-refractivity contribution >= 4 is 11.6 Å². The summed E-state index contributed by atoms with van der Waals surface area (Å²) in [6.07, 6.45) is 8.46. The number of fused-ring (bicyclic) bond motifs is 1. The van der Waals surface area contributed by atoms with Crippen molar-refractivity contribution < 1.29 is 42.5 Å². The third-order valence-corrected chi connectivity index (χ3v) is 9.74. The van der Waals surface area contributed by atoms with Crippen LogP contribution in [0, 0.1) is 0 Å². The second-order valence-corrected chi connectivity index (χ2v) is 13.4. The average Bonchev–Trinajstić information content (AvgIpc) is 3.74. The normalized spacial score (nSPS) is 13.2. The van der Waals surface area contributed by atoms with Gasteiger partial charge in [0.05, 0.1) is 54.3 Å². The number of methoxy groups -OCH3 is 5. The van der Waals surface area contributed by atoms with Gasteiger partial charge in [-0.2, -0.15) is 0 Å². The lowest BCUT2D eigenvalue weighted by molar-refractivity contribution is 0.0935. The van der Waals surface area contributed by atoms with Gasteiger partial charge in [-0.3, -0.25) is 4.79 Å². The zero-order valence-corrected chi connectivity index (χ0v) is 32.8. The minimum Gasteiger partial charge on any atom is -0.493 e. The van der Waals surface area contributed by atoms with Crippen LogP contribution in [0.4, 0.5) is 5.69 Å². The van der Waals surface area contributed by atoms with E-state index in [4.69, 9.17) is 37.7 Å². The highest BCUT2D eigenvalue weighted by molar-refractivity contribution is 6.01. The second kappa shape index (κ2) is 19.5. The van der Waals surface area contributed by atoms with Crippen molar-refractivity contribution in [2.45, 2.75) is 57.5 Å². The Labute approximate surface area is 328 Å². The third-order valence-electron chi connectivity index (χ3n) is 9.74. The molecule has 12 heteroatoms. The monoisotopic (exact) mass is 765 g/mol. The number of rotatable bonds is 21. The first-order valence-corrected chi connectivity index (χ1v) is 19.0. The maximum absolute atomic E-state index is 12.6. The number of nitrogens with zero attached hydrogens (tertiary/aromatic N) is 1. The molecular weight excluding hydrogens is 714 g/mol. The molecule has 1 aromatic heterocycles. The van der Waals surface area contributed by atoms with Crippen LogP contribution in [-0.2, 0) is 0 Å². The molecule has 0 spiro atoms. The summed E-state index contributed by atoms with van der Waals surface area (Å²) in [5.74, 6) is 4.74. The first kappa shape index (κ1) is 39.6. The number of amides is 1. The summed E-state index contributed by atoms with van der Waals surface area (Å²) >= 11 is 0. The number of anilines is 1. The van der Waals surface area contributed by atoms with Gasteiger partial charge in [-0.25, -0.2) is 0 Å². The maximum Gasteiger partial charge on any atom is 0.255 e. The van der Waals surface area contributed by atoms with E-state index in [0.29, 0.717) is 70.5 Å². The molecule has 1 atom stereocenters. The van der Waals surface area contributed by atoms with Gasteiger partial charge in [-0.15, -0.1) is 0 Å². The Bertz CT molecular complexity index is 2040. The molecule has 2 N–H and O–H groups in total. The summed E-state index contributed by atoms with van der Waals surface area (Å²) in [4.78, 5) is 12.6. The standard InChI is InChI=1S/C44H51N3O9/c1-49-35-20-18-29(37-28-34(47-56-37)31-26-40(51-3)42(53-5)41(27-31)52-4)24-39(35)55-23-15-11-9-7-6-8-10-14-22-54-36-21-19-30(25-38(36)50-2)43-45-33-17-13-12-16-32(33)44(48)46-43/h12-13,16-21,24-28,43,45H,6-11,14-15,22-23H2,1-5H3,(H,46,48). The molecule has 0 radical (unpaired) electrons. The molecule has 2 heterocycles. The van der Waals surface area contributed by atoms with E-state index < -0.39 is 0 Å². The SMILES string of the molecule is COc1cc(C2NC(=O)c3ccccc3N2)ccc1OCCCCCCCCCCOc1cc(-c2cc(-c3cc(OC)c(OC)c(OC)c3)no2)ccc1OC. The van der Waals surface area contributed by atoms with Crippen molar-refractivity contribution in [3.63, 3.8) is 0 Å². The van der Waals surface area contributed by atoms with Gasteiger partial charge in [0.25, 0.3) is 5.91 Å². The number of carbonyl (C=O) groups excluding carboxylic acids is 1. The third kappa shape index (κ3) is 9.60. The van der Waals surface area contributed by atoms with Gasteiger partial charge in [0.2, 0.25) is 5.75 Å². The molecule has 56 heavy (non-hydrogen) atoms. The number of carbonyl (C=O) groups is 1. The summed E-state index contributed by atoms with van der Waals surface area (Å²) in [5, 5.41) is 10.7. The van der Waals surface area contributed by atoms with E-state index in [0.717, 1.165) is 60.9 Å². The Hall–Kier alpha value is -6.04. The van der Waals surface area contributed by atoms with Gasteiger partial charge in [0.1, 0.15) is 11.9 Å². The first-order valence-electron chi connectivity index (χ1n) is 19.0. The number of aromatic nitrogens is 1. The van der Waals surface area contributed by atoms with Crippen molar-refractivity contribution in [1.82, 2.24) is 10.5 Å². The number of nitrogens with one attached hydrogen (secondary N) is 2. The topological polar surface area (TPSA) is 132 Å². The molecule has 1 aliphatic heterocycles. The highest BCUT2D eigenvalue weighted by Crippen LogP contribution is 2.42. The van der Waals surface area contributed by atoms with E-state index in [-0.39, 0.29) is 12.1 Å². The molecule has 0 bridgehead atoms. The molecule has 0 saturated carbocycles. The molecule has 5 aromatic rings. The predicted octanol–water partition coefficient (Wildman–Crippen LogP) is 9.48. The summed E-state index contributed by atoms with van der Waals surface area (Å²) < 4.78 is 45.6. The molecule has 0 fully saturated rings. The zero-order valence-electron chi connectivity index (χ0n) is 32.8. The summed E-state index contributed by atoms with van der Waals surface area (Å²) in [6.45, 7) is 1.21. The lowest BCUT2D eigenvalue weighted by Crippen LogP contribution is -2.38. The fourth-order valence-electron chi connectivity index (χ4n) is 6.71. The minimum absolute atomic E-state index is 0.105. The van der Waals surface area contributed by atoms with E-state index >= 15 is 0 Å². The predicted molar refractivity (Wildman–Crippen MR) is 215 cm³/mol. The molecule has 4 aromatic carbocycles. The minimum atomic E-state index is -0.349. The highest BCUT2D eigenvalue weighted by atomic mass is 16.5. The summed E-state index contributed by atoms with van der Waals surface area (Å²) in [6, 6.07) is 24.5. The molecule has 0 aliphatic carbocycles. The molecule has 12 nitrogen and oxygen atoms in total. The second-order valence-electron chi connectivity index (χ2n) is 13.4. The quantitative estimate of drug-likeness (QED) is 0.0693. The van der Waals surface area contributed by atoms with Crippen LogP contribution in [0.5, 0.6) is 40.2 Å². The summed E-state index contributed by atoms with van der Waals surface area (Å²) in [7, 11) is 7.99. The van der Waals surface area contributed by atoms with E-state index in [2.05, 4.69) is 15.8 Å². The van der Waals surface area contributed by atoms with Crippen molar-refractivity contribution in [3.8, 4) is 62.8 Å². The van der Waals surface area contributed by atoms with Crippen molar-refractivity contribution in [3.05, 3.63) is 90.0 Å². The van der Waals surface area contributed by atoms with E-state index in [1.165, 1.54) is 12.8 Å². The van der Waals surface area contributed by atoms with Crippen LogP contribution >= 0.6 is 0 Å². The number of hydrogen-bond acceptors (Lipinski definition) is 11. The molecule has 6 rings (SSSR count). The average molecular weight is 766 g/mol. The fraction of sp³-hybridized carbons (Fsp3) is 0.364. The van der Waals surface area contributed by atoms with Gasteiger partial charge >= 0.3 is 0 Å². The Morgan fingerprint density at radius 2 is 1.18 bits per heavy atom. The van der Waals surface area contributed by atoms with Crippen LogP contribution in [0.15, 0.2) is 83.4 Å². The number of benzene rings is 4. The maximum atomic E-state index is 12.6. The van der Waals surface area contributed by atoms with Crippen LogP contribution in [0.25, 0.3) is 22.6 Å². The van der Waals surface area contributed by atoms with Crippen molar-refractivity contribution in [2.75, 3.05) is 54.1 Å². The zero-order chi connectivity index (χ0) is 39.3. The van der Waals surface area contributed by atoms with Gasteiger partial charge < -0.3 is 48.3 Å². The lowest BCUT2D eigenvalue weighted by atomic mass is 10.1. The Balaban J connectivity index is 0.878. The van der Waals surface area contributed by atoms with Crippen molar-refractivity contribution in [1.29, 1.82) is 0 Å². The Morgan fingerprint density at radius 1 is 0.571 bits per heavy atom. The number of para-hydroxylation sites is 1. The molecular formula is C44H51N3O9. The number of unbranched alkanes of at least 4 members (excludes halogenated alkanes) is 7. The van der Waals surface area contributed by atoms with Gasteiger partial charge in [-0.05, 0) is 73.0 Å². The Morgan fingerprint density at radius 3 is 1.84 bits per heavy atom. The number of hydrogen-bond donors (Lipinski definition) is 2. The molecule has 1 amide bonds. The fourth-order valence-corrected chi connectivity index (χ4v) is 6.71. The van der Waals surface area contributed by atoms with Gasteiger partial charge in [0.15, 0.2) is 40.3 Å². The smallest absolute Gasteiger partial charge is 0.255 e. The van der Waals surface area contributed by atoms with Crippen molar-refractivity contribution in [2.24, 2.45) is 0 Å². The van der Waals surface area contributed by atoms with Crippen LogP contribution < -0.4 is 43.8 Å². The van der Waals surface area contributed by atoms with Gasteiger partial charge in [0, 0.05) is 22.9 Å². The van der Waals surface area contributed by atoms with E-state index in [1.807, 2.05) is 78.9 Å². The van der Waals surface area contributed by atoms with Crippen LogP contribution in [0.1, 0.15) is 73.5 Å². The molecule has 0 saturated heterocycles. The van der Waals surface area contributed by atoms with E-state index in [9.17, 15) is 4.79 Å². The lowest BCUT2D eigenvalue weighted by Gasteiger charge is -2.28. The first-order chi connectivity index (χ1) is 27.5. The molecule has 1 unspecified atom stereocenters. The van der Waals surface area contributed by atoms with Gasteiger partial charge in [-0.1, -0.05) is 61.9 Å². The van der Waals surface area contributed by atoms with Crippen LogP contribution in [0.3, 0.4) is 0 Å². The highest BCUT2D eigenvalue weighted by Gasteiger charge is 2.25. The van der Waals surface area contributed by atoms with Crippen LogP contribution in [-0.4, -0.2) is 59.8 Å². The van der Waals surface area contributed by atoms with E-state index in [1.54, 1.807) is 35.5 Å². The van der Waals surface area contributed by atoms with Crippen LogP contribution in [0.2, 0.25) is 0 Å². The number of ether oxygens (including phenoxy) is 7. The summed E-state index contributed by atoms with van der Waals surface area (Å²) in [5.41, 5.74) is 4.56. The molecule has 1 aliphatic rings. The largest absolute Gasteiger partial charge is 0.493 e. The Kier molecular flexibility index (Phi) is 13.8. The molecule has 296 valence electrons.